The Hall–Kier alpha value is -1.95. The number of hydrogen-bond donors (Lipinski definition) is 1. The Morgan fingerprint density at radius 2 is 2.32 bits per heavy atom. The highest BCUT2D eigenvalue weighted by Gasteiger charge is 2.35. The third kappa shape index (κ3) is 2.90. The molecule has 2 unspecified atom stereocenters. The maximum absolute atomic E-state index is 11.0. The van der Waals surface area contributed by atoms with Gasteiger partial charge in [0.2, 0.25) is 0 Å². The fraction of sp³-hybridized carbons (Fsp3) is 0.462. The lowest BCUT2D eigenvalue weighted by Crippen LogP contribution is -2.32. The van der Waals surface area contributed by atoms with Crippen LogP contribution in [0.25, 0.3) is 0 Å². The first-order valence-corrected chi connectivity index (χ1v) is 6.19. The summed E-state index contributed by atoms with van der Waals surface area (Å²) in [6.07, 6.45) is 0.630. The highest BCUT2D eigenvalue weighted by Crippen LogP contribution is 2.26. The van der Waals surface area contributed by atoms with E-state index < -0.39 is 10.9 Å². The monoisotopic (exact) mass is 264 g/mol. The largest absolute Gasteiger partial charge is 0.481 e. The van der Waals surface area contributed by atoms with E-state index in [-0.39, 0.29) is 17.6 Å². The number of likely N-dealkylation sites (tertiary alicyclic amines) is 1. The van der Waals surface area contributed by atoms with Crippen molar-refractivity contribution in [2.24, 2.45) is 5.92 Å². The lowest BCUT2D eigenvalue weighted by molar-refractivity contribution is -0.384. The standard InChI is InChI=1S/C13H16N2O4/c1-9-12(13(16)17)5-6-14(9)8-10-3-2-4-11(7-10)15(18)19/h2-4,7,9,12H,5-6,8H2,1H3,(H,16,17). The van der Waals surface area contributed by atoms with E-state index in [0.29, 0.717) is 19.5 Å². The average molecular weight is 264 g/mol. The number of nitrogens with zero attached hydrogens (tertiary/aromatic N) is 2. The summed E-state index contributed by atoms with van der Waals surface area (Å²) in [5.41, 5.74) is 0.909. The van der Waals surface area contributed by atoms with Crippen molar-refractivity contribution in [1.29, 1.82) is 0 Å². The number of rotatable bonds is 4. The zero-order valence-electron chi connectivity index (χ0n) is 10.7. The number of hydrogen-bond acceptors (Lipinski definition) is 4. The number of carboxylic acids is 1. The molecule has 1 saturated heterocycles. The third-order valence-corrected chi connectivity index (χ3v) is 3.71. The second-order valence-electron chi connectivity index (χ2n) is 4.87. The van der Waals surface area contributed by atoms with Gasteiger partial charge in [-0.25, -0.2) is 0 Å². The highest BCUT2D eigenvalue weighted by molar-refractivity contribution is 5.71. The van der Waals surface area contributed by atoms with Gasteiger partial charge in [-0.1, -0.05) is 12.1 Å². The van der Waals surface area contributed by atoms with Crippen molar-refractivity contribution >= 4 is 11.7 Å². The van der Waals surface area contributed by atoms with Crippen LogP contribution in [-0.2, 0) is 11.3 Å². The maximum atomic E-state index is 11.0. The van der Waals surface area contributed by atoms with E-state index in [9.17, 15) is 14.9 Å². The fourth-order valence-electron chi connectivity index (χ4n) is 2.56. The van der Waals surface area contributed by atoms with Crippen molar-refractivity contribution in [3.8, 4) is 0 Å². The average Bonchev–Trinajstić information content (AvgIpc) is 2.71. The molecule has 0 aromatic heterocycles. The van der Waals surface area contributed by atoms with Crippen LogP contribution in [0.2, 0.25) is 0 Å². The highest BCUT2D eigenvalue weighted by atomic mass is 16.6. The quantitative estimate of drug-likeness (QED) is 0.663. The molecule has 1 heterocycles. The summed E-state index contributed by atoms with van der Waals surface area (Å²) in [6, 6.07) is 6.44. The van der Waals surface area contributed by atoms with Crippen molar-refractivity contribution in [3.05, 3.63) is 39.9 Å². The molecule has 1 fully saturated rings. The molecule has 0 aliphatic carbocycles. The molecule has 0 amide bonds. The van der Waals surface area contributed by atoms with Crippen LogP contribution in [0.5, 0.6) is 0 Å². The van der Waals surface area contributed by atoms with Crippen LogP contribution in [0.1, 0.15) is 18.9 Å². The summed E-state index contributed by atoms with van der Waals surface area (Å²) in [6.45, 7) is 3.15. The van der Waals surface area contributed by atoms with Gasteiger partial charge < -0.3 is 5.11 Å². The number of carboxylic acid groups (broad SMARTS) is 1. The van der Waals surface area contributed by atoms with Crippen LogP contribution in [0.3, 0.4) is 0 Å². The van der Waals surface area contributed by atoms with Crippen LogP contribution in [0.15, 0.2) is 24.3 Å². The normalized spacial score (nSPS) is 23.4. The Morgan fingerprint density at radius 3 is 2.89 bits per heavy atom. The van der Waals surface area contributed by atoms with Gasteiger partial charge in [0.05, 0.1) is 10.8 Å². The van der Waals surface area contributed by atoms with Crippen LogP contribution in [0, 0.1) is 16.0 Å². The molecule has 2 rings (SSSR count). The first kappa shape index (κ1) is 13.5. The molecule has 102 valence electrons. The van der Waals surface area contributed by atoms with Crippen LogP contribution in [-0.4, -0.2) is 33.5 Å². The summed E-state index contributed by atoms with van der Waals surface area (Å²) in [5, 5.41) is 19.8. The predicted octanol–water partition coefficient (Wildman–Crippen LogP) is 1.89. The second-order valence-corrected chi connectivity index (χ2v) is 4.87. The van der Waals surface area contributed by atoms with Crippen LogP contribution in [0.4, 0.5) is 5.69 Å². The zero-order valence-corrected chi connectivity index (χ0v) is 10.7. The molecule has 1 aromatic carbocycles. The molecule has 0 saturated carbocycles. The predicted molar refractivity (Wildman–Crippen MR) is 68.7 cm³/mol. The number of nitro benzene ring substituents is 1. The summed E-state index contributed by atoms with van der Waals surface area (Å²) in [5.74, 6) is -1.12. The van der Waals surface area contributed by atoms with Crippen molar-refractivity contribution < 1.29 is 14.8 Å². The van der Waals surface area contributed by atoms with Gasteiger partial charge in [0.1, 0.15) is 0 Å². The summed E-state index contributed by atoms with van der Waals surface area (Å²) in [7, 11) is 0. The zero-order chi connectivity index (χ0) is 14.0. The van der Waals surface area contributed by atoms with E-state index in [1.54, 1.807) is 12.1 Å². The van der Waals surface area contributed by atoms with Crippen molar-refractivity contribution in [1.82, 2.24) is 4.90 Å². The number of benzene rings is 1. The van der Waals surface area contributed by atoms with E-state index in [2.05, 4.69) is 4.90 Å². The minimum atomic E-state index is -0.769. The summed E-state index contributed by atoms with van der Waals surface area (Å²) in [4.78, 5) is 23.4. The minimum absolute atomic E-state index is 0.0447. The first-order valence-electron chi connectivity index (χ1n) is 6.19. The molecular formula is C13H16N2O4. The maximum Gasteiger partial charge on any atom is 0.308 e. The molecule has 0 radical (unpaired) electrons. The number of aliphatic carboxylic acids is 1. The fourth-order valence-corrected chi connectivity index (χ4v) is 2.56. The smallest absolute Gasteiger partial charge is 0.308 e. The van der Waals surface area contributed by atoms with Gasteiger partial charge in [0.15, 0.2) is 0 Å². The van der Waals surface area contributed by atoms with Gasteiger partial charge in [-0.2, -0.15) is 0 Å². The van der Waals surface area contributed by atoms with Crippen molar-refractivity contribution in [3.63, 3.8) is 0 Å². The molecule has 0 bridgehead atoms. The lowest BCUT2D eigenvalue weighted by atomic mass is 10.0. The molecular weight excluding hydrogens is 248 g/mol. The number of non-ortho nitro benzene ring substituents is 1. The molecule has 19 heavy (non-hydrogen) atoms. The van der Waals surface area contributed by atoms with Gasteiger partial charge in [0.25, 0.3) is 5.69 Å². The third-order valence-electron chi connectivity index (χ3n) is 3.71. The SMILES string of the molecule is CC1C(C(=O)O)CCN1Cc1cccc([N+](=O)[O-])c1. The topological polar surface area (TPSA) is 83.7 Å². The van der Waals surface area contributed by atoms with E-state index in [1.807, 2.05) is 13.0 Å². The molecule has 1 N–H and O–H groups in total. The second kappa shape index (κ2) is 5.36. The Morgan fingerprint density at radius 1 is 1.58 bits per heavy atom. The van der Waals surface area contributed by atoms with Gasteiger partial charge >= 0.3 is 5.97 Å². The molecule has 1 aromatic rings. The minimum Gasteiger partial charge on any atom is -0.481 e. The molecule has 6 nitrogen and oxygen atoms in total. The summed E-state index contributed by atoms with van der Waals surface area (Å²) < 4.78 is 0. The Balaban J connectivity index is 2.08. The van der Waals surface area contributed by atoms with Gasteiger partial charge in [-0.3, -0.25) is 19.8 Å². The van der Waals surface area contributed by atoms with E-state index >= 15 is 0 Å². The Kier molecular flexibility index (Phi) is 3.80. The van der Waals surface area contributed by atoms with Crippen molar-refractivity contribution in [2.45, 2.75) is 25.9 Å². The number of carbonyl (C=O) groups is 1. The van der Waals surface area contributed by atoms with E-state index in [1.165, 1.54) is 6.07 Å². The van der Waals surface area contributed by atoms with Gasteiger partial charge in [-0.05, 0) is 25.5 Å². The molecule has 1 aliphatic heterocycles. The Labute approximate surface area is 110 Å². The van der Waals surface area contributed by atoms with E-state index in [4.69, 9.17) is 5.11 Å². The van der Waals surface area contributed by atoms with Gasteiger partial charge in [-0.15, -0.1) is 0 Å². The van der Waals surface area contributed by atoms with Crippen LogP contribution < -0.4 is 0 Å². The van der Waals surface area contributed by atoms with Crippen molar-refractivity contribution in [2.75, 3.05) is 6.54 Å². The van der Waals surface area contributed by atoms with Crippen LogP contribution >= 0.6 is 0 Å². The lowest BCUT2D eigenvalue weighted by Gasteiger charge is -2.22. The molecule has 6 heteroatoms. The molecule has 0 spiro atoms. The molecule has 1 aliphatic rings. The first-order chi connectivity index (χ1) is 8.99. The summed E-state index contributed by atoms with van der Waals surface area (Å²) >= 11 is 0. The van der Waals surface area contributed by atoms with Gasteiger partial charge in [0, 0.05) is 24.7 Å². The molecule has 2 atom stereocenters. The van der Waals surface area contributed by atoms with E-state index in [0.717, 1.165) is 5.56 Å². The number of nitro groups is 1. The Bertz CT molecular complexity index is 503.